The molecule has 2 rings (SSSR count). The molecule has 98 valence electrons. The molecular formula is C11H15N3O2S2. The number of hydrogen-bond acceptors (Lipinski definition) is 6. The SMILES string of the molecule is CCS(=O)(=O)c1c(NC2CCC2)sc(C#N)c1N. The Hall–Kier alpha value is -1.26. The number of sulfone groups is 1. The third-order valence-corrected chi connectivity index (χ3v) is 6.11. The zero-order chi connectivity index (χ0) is 13.3. The zero-order valence-corrected chi connectivity index (χ0v) is 11.7. The molecule has 1 aliphatic carbocycles. The Morgan fingerprint density at radius 3 is 2.67 bits per heavy atom. The average molecular weight is 285 g/mol. The van der Waals surface area contributed by atoms with Gasteiger partial charge in [-0.2, -0.15) is 5.26 Å². The highest BCUT2D eigenvalue weighted by Crippen LogP contribution is 2.40. The van der Waals surface area contributed by atoms with E-state index in [9.17, 15) is 8.42 Å². The Bertz CT molecular complexity index is 595. The summed E-state index contributed by atoms with van der Waals surface area (Å²) in [7, 11) is -3.41. The van der Waals surface area contributed by atoms with Gasteiger partial charge in [0.2, 0.25) is 0 Å². The first-order valence-electron chi connectivity index (χ1n) is 5.81. The van der Waals surface area contributed by atoms with Crippen molar-refractivity contribution in [2.24, 2.45) is 0 Å². The van der Waals surface area contributed by atoms with E-state index in [1.54, 1.807) is 6.92 Å². The van der Waals surface area contributed by atoms with Gasteiger partial charge in [0.25, 0.3) is 0 Å². The van der Waals surface area contributed by atoms with Gasteiger partial charge in [-0.25, -0.2) is 8.42 Å². The van der Waals surface area contributed by atoms with Crippen LogP contribution in [0.3, 0.4) is 0 Å². The van der Waals surface area contributed by atoms with E-state index in [1.165, 1.54) is 0 Å². The summed E-state index contributed by atoms with van der Waals surface area (Å²) in [4.78, 5) is 0.377. The Labute approximate surface area is 111 Å². The smallest absolute Gasteiger partial charge is 0.183 e. The minimum atomic E-state index is -3.41. The van der Waals surface area contributed by atoms with E-state index in [0.717, 1.165) is 30.6 Å². The molecule has 0 aliphatic heterocycles. The molecule has 3 N–H and O–H groups in total. The number of rotatable bonds is 4. The van der Waals surface area contributed by atoms with Crippen LogP contribution in [0.5, 0.6) is 0 Å². The lowest BCUT2D eigenvalue weighted by molar-refractivity contribution is 0.445. The van der Waals surface area contributed by atoms with Gasteiger partial charge in [0.1, 0.15) is 20.8 Å². The van der Waals surface area contributed by atoms with Gasteiger partial charge in [-0.3, -0.25) is 0 Å². The van der Waals surface area contributed by atoms with Crippen LogP contribution in [0.1, 0.15) is 31.1 Å². The lowest BCUT2D eigenvalue weighted by atomic mass is 9.93. The Kier molecular flexibility index (Phi) is 3.50. The van der Waals surface area contributed by atoms with E-state index in [4.69, 9.17) is 11.0 Å². The van der Waals surface area contributed by atoms with Gasteiger partial charge in [-0.05, 0) is 19.3 Å². The van der Waals surface area contributed by atoms with Crippen LogP contribution in [0.4, 0.5) is 10.7 Å². The number of nitrogens with zero attached hydrogens (tertiary/aromatic N) is 1. The second-order valence-electron chi connectivity index (χ2n) is 4.29. The van der Waals surface area contributed by atoms with E-state index >= 15 is 0 Å². The van der Waals surface area contributed by atoms with E-state index < -0.39 is 9.84 Å². The highest BCUT2D eigenvalue weighted by molar-refractivity contribution is 7.91. The molecule has 5 nitrogen and oxygen atoms in total. The molecule has 0 amide bonds. The van der Waals surface area contributed by atoms with Crippen LogP contribution < -0.4 is 11.1 Å². The summed E-state index contributed by atoms with van der Waals surface area (Å²) in [5, 5.41) is 12.7. The third kappa shape index (κ3) is 2.18. The summed E-state index contributed by atoms with van der Waals surface area (Å²) in [6, 6.07) is 2.26. The molecular weight excluding hydrogens is 270 g/mol. The van der Waals surface area contributed by atoms with Gasteiger partial charge >= 0.3 is 0 Å². The number of hydrogen-bond donors (Lipinski definition) is 2. The average Bonchev–Trinajstić information content (AvgIpc) is 2.60. The maximum atomic E-state index is 12.0. The van der Waals surface area contributed by atoms with Gasteiger partial charge in [0, 0.05) is 6.04 Å². The molecule has 1 saturated carbocycles. The number of nitriles is 1. The van der Waals surface area contributed by atoms with Crippen molar-refractivity contribution in [3.05, 3.63) is 4.88 Å². The van der Waals surface area contributed by atoms with E-state index in [0.29, 0.717) is 11.0 Å². The predicted molar refractivity (Wildman–Crippen MR) is 72.4 cm³/mol. The third-order valence-electron chi connectivity index (χ3n) is 3.13. The molecule has 0 unspecified atom stereocenters. The molecule has 0 spiro atoms. The van der Waals surface area contributed by atoms with Gasteiger partial charge in [-0.15, -0.1) is 11.3 Å². The second kappa shape index (κ2) is 4.78. The first kappa shape index (κ1) is 13.2. The largest absolute Gasteiger partial charge is 0.396 e. The van der Waals surface area contributed by atoms with Crippen molar-refractivity contribution in [1.82, 2.24) is 0 Å². The van der Waals surface area contributed by atoms with E-state index in [-0.39, 0.29) is 21.2 Å². The first-order chi connectivity index (χ1) is 8.49. The standard InChI is InChI=1S/C11H15N3O2S2/c1-2-18(15,16)10-9(13)8(6-12)17-11(10)14-7-4-3-5-7/h7,14H,2-5,13H2,1H3. The molecule has 1 fully saturated rings. The van der Waals surface area contributed by atoms with Crippen LogP contribution >= 0.6 is 11.3 Å². The molecule has 1 aromatic heterocycles. The van der Waals surface area contributed by atoms with Crippen molar-refractivity contribution in [1.29, 1.82) is 5.26 Å². The molecule has 0 aromatic carbocycles. The van der Waals surface area contributed by atoms with Crippen LogP contribution in [0.15, 0.2) is 4.90 Å². The van der Waals surface area contributed by atoms with Gasteiger partial charge < -0.3 is 11.1 Å². The number of nitrogens with two attached hydrogens (primary N) is 1. The van der Waals surface area contributed by atoms with Gasteiger partial charge in [-0.1, -0.05) is 6.92 Å². The van der Waals surface area contributed by atoms with Crippen LogP contribution in [0, 0.1) is 11.3 Å². The van der Waals surface area contributed by atoms with Crippen molar-refractivity contribution in [2.45, 2.75) is 37.1 Å². The van der Waals surface area contributed by atoms with Crippen molar-refractivity contribution in [3.8, 4) is 6.07 Å². The fraction of sp³-hybridized carbons (Fsp3) is 0.545. The predicted octanol–water partition coefficient (Wildman–Crippen LogP) is 1.96. The normalized spacial score (nSPS) is 16.0. The van der Waals surface area contributed by atoms with E-state index in [1.807, 2.05) is 6.07 Å². The number of thiophene rings is 1. The number of nitrogen functional groups attached to an aromatic ring is 1. The van der Waals surface area contributed by atoms with Gasteiger partial charge in [0.15, 0.2) is 9.84 Å². The topological polar surface area (TPSA) is 96.0 Å². The Morgan fingerprint density at radius 2 is 2.22 bits per heavy atom. The minimum Gasteiger partial charge on any atom is -0.396 e. The monoisotopic (exact) mass is 285 g/mol. The zero-order valence-electron chi connectivity index (χ0n) is 10.1. The van der Waals surface area contributed by atoms with Crippen molar-refractivity contribution in [3.63, 3.8) is 0 Å². The van der Waals surface area contributed by atoms with Gasteiger partial charge in [0.05, 0.1) is 11.4 Å². The molecule has 7 heteroatoms. The molecule has 0 bridgehead atoms. The molecule has 0 saturated heterocycles. The molecule has 18 heavy (non-hydrogen) atoms. The van der Waals surface area contributed by atoms with Crippen molar-refractivity contribution in [2.75, 3.05) is 16.8 Å². The second-order valence-corrected chi connectivity index (χ2v) is 7.53. The van der Waals surface area contributed by atoms with Crippen LogP contribution in [0.25, 0.3) is 0 Å². The van der Waals surface area contributed by atoms with Crippen LogP contribution in [0.2, 0.25) is 0 Å². The Morgan fingerprint density at radius 1 is 1.56 bits per heavy atom. The number of anilines is 2. The lowest BCUT2D eigenvalue weighted by Crippen LogP contribution is -2.27. The quantitative estimate of drug-likeness (QED) is 0.881. The summed E-state index contributed by atoms with van der Waals surface area (Å²) in [5.74, 6) is -0.0157. The van der Waals surface area contributed by atoms with Crippen molar-refractivity contribution >= 4 is 31.9 Å². The van der Waals surface area contributed by atoms with Crippen molar-refractivity contribution < 1.29 is 8.42 Å². The summed E-state index contributed by atoms with van der Waals surface area (Å²) in [5.41, 5.74) is 5.87. The molecule has 0 atom stereocenters. The fourth-order valence-electron chi connectivity index (χ4n) is 1.80. The Balaban J connectivity index is 2.47. The maximum Gasteiger partial charge on any atom is 0.183 e. The maximum absolute atomic E-state index is 12.0. The summed E-state index contributed by atoms with van der Waals surface area (Å²) in [6.07, 6.45) is 3.22. The van der Waals surface area contributed by atoms with Crippen LogP contribution in [-0.2, 0) is 9.84 Å². The summed E-state index contributed by atoms with van der Waals surface area (Å²) >= 11 is 1.13. The fourth-order valence-corrected chi connectivity index (χ4v) is 4.33. The highest BCUT2D eigenvalue weighted by Gasteiger charge is 2.28. The first-order valence-corrected chi connectivity index (χ1v) is 8.28. The summed E-state index contributed by atoms with van der Waals surface area (Å²) < 4.78 is 24.1. The van der Waals surface area contributed by atoms with E-state index in [2.05, 4.69) is 5.32 Å². The molecule has 1 aromatic rings. The molecule has 1 heterocycles. The van der Waals surface area contributed by atoms with Crippen LogP contribution in [-0.4, -0.2) is 20.2 Å². The lowest BCUT2D eigenvalue weighted by Gasteiger charge is -2.27. The molecule has 1 aliphatic rings. The highest BCUT2D eigenvalue weighted by atomic mass is 32.2. The molecule has 0 radical (unpaired) electrons. The minimum absolute atomic E-state index is 0.0157. The summed E-state index contributed by atoms with van der Waals surface area (Å²) in [6.45, 7) is 1.58. The number of nitrogens with one attached hydrogen (secondary N) is 1.